The molecule has 0 aliphatic heterocycles. The first-order chi connectivity index (χ1) is 7.15. The van der Waals surface area contributed by atoms with E-state index in [1.807, 2.05) is 0 Å². The first-order valence-corrected chi connectivity index (χ1v) is 6.92. The molecule has 0 amide bonds. The van der Waals surface area contributed by atoms with Crippen LogP contribution in [0.25, 0.3) is 0 Å². The van der Waals surface area contributed by atoms with Crippen LogP contribution in [0.2, 0.25) is 10.0 Å². The highest BCUT2D eigenvalue weighted by Crippen LogP contribution is 2.29. The molecule has 1 N–H and O–H groups in total. The lowest BCUT2D eigenvalue weighted by atomic mass is 10.1. The van der Waals surface area contributed by atoms with Gasteiger partial charge in [-0.2, -0.15) is 11.8 Å². The summed E-state index contributed by atoms with van der Waals surface area (Å²) in [5.74, 6) is 1.05. The van der Waals surface area contributed by atoms with Crippen LogP contribution in [0.4, 0.5) is 0 Å². The fourth-order valence-corrected chi connectivity index (χ4v) is 2.23. The molecular weight excluding hydrogens is 251 g/mol. The molecule has 1 aromatic carbocycles. The Morgan fingerprint density at radius 2 is 2.13 bits per heavy atom. The van der Waals surface area contributed by atoms with E-state index in [-0.39, 0.29) is 0 Å². The zero-order valence-electron chi connectivity index (χ0n) is 8.54. The summed E-state index contributed by atoms with van der Waals surface area (Å²) in [7, 11) is 0. The number of aliphatic hydroxyl groups excluding tert-OH is 1. The number of halogens is 2. The van der Waals surface area contributed by atoms with Crippen molar-refractivity contribution >= 4 is 35.0 Å². The lowest BCUT2D eigenvalue weighted by molar-refractivity contribution is 0.167. The third kappa shape index (κ3) is 4.23. The number of hydrogen-bond acceptors (Lipinski definition) is 2. The number of aliphatic hydroxyl groups is 1. The predicted octanol–water partition coefficient (Wildman–Crippen LogP) is 4.17. The molecule has 1 unspecified atom stereocenters. The van der Waals surface area contributed by atoms with Crippen molar-refractivity contribution in [3.63, 3.8) is 0 Å². The van der Waals surface area contributed by atoms with Crippen LogP contribution in [0.3, 0.4) is 0 Å². The van der Waals surface area contributed by atoms with Crippen LogP contribution in [0.1, 0.15) is 24.5 Å². The van der Waals surface area contributed by atoms with Crippen LogP contribution in [0.5, 0.6) is 0 Å². The fourth-order valence-electron chi connectivity index (χ4n) is 1.35. The monoisotopic (exact) mass is 264 g/mol. The highest BCUT2D eigenvalue weighted by Gasteiger charge is 2.11. The molecule has 0 spiro atoms. The Bertz CT molecular complexity index is 317. The van der Waals surface area contributed by atoms with Gasteiger partial charge in [0.1, 0.15) is 0 Å². The summed E-state index contributed by atoms with van der Waals surface area (Å²) in [6.07, 6.45) is 3.24. The van der Waals surface area contributed by atoms with Crippen LogP contribution < -0.4 is 0 Å². The second kappa shape index (κ2) is 6.64. The van der Waals surface area contributed by atoms with Gasteiger partial charge in [0.05, 0.1) is 6.10 Å². The molecule has 0 aromatic heterocycles. The third-order valence-corrected chi connectivity index (χ3v) is 3.42. The van der Waals surface area contributed by atoms with Crippen LogP contribution in [-0.2, 0) is 0 Å². The van der Waals surface area contributed by atoms with E-state index in [0.29, 0.717) is 10.0 Å². The Morgan fingerprint density at radius 1 is 1.40 bits per heavy atom. The number of benzene rings is 1. The van der Waals surface area contributed by atoms with Crippen LogP contribution >= 0.6 is 35.0 Å². The first kappa shape index (κ1) is 13.2. The van der Waals surface area contributed by atoms with Crippen molar-refractivity contribution < 1.29 is 5.11 Å². The summed E-state index contributed by atoms with van der Waals surface area (Å²) in [5, 5.41) is 11.1. The maximum Gasteiger partial charge on any atom is 0.0805 e. The number of hydrogen-bond donors (Lipinski definition) is 1. The number of thioether (sulfide) groups is 1. The van der Waals surface area contributed by atoms with Gasteiger partial charge in [-0.1, -0.05) is 23.2 Å². The number of rotatable bonds is 5. The smallest absolute Gasteiger partial charge is 0.0805 e. The standard InChI is InChI=1S/C11H14Cl2OS/c1-15-6-2-3-11(14)9-7-8(12)4-5-10(9)13/h4-5,7,11,14H,2-3,6H2,1H3. The van der Waals surface area contributed by atoms with Gasteiger partial charge in [0, 0.05) is 15.6 Å². The maximum atomic E-state index is 9.90. The third-order valence-electron chi connectivity index (χ3n) is 2.14. The maximum absolute atomic E-state index is 9.90. The van der Waals surface area contributed by atoms with Crippen molar-refractivity contribution in [2.75, 3.05) is 12.0 Å². The molecule has 0 fully saturated rings. The van der Waals surface area contributed by atoms with Gasteiger partial charge in [0.25, 0.3) is 0 Å². The van der Waals surface area contributed by atoms with Gasteiger partial charge in [0.2, 0.25) is 0 Å². The lowest BCUT2D eigenvalue weighted by Gasteiger charge is -2.12. The van der Waals surface area contributed by atoms with Gasteiger partial charge in [-0.05, 0) is 43.0 Å². The predicted molar refractivity (Wildman–Crippen MR) is 69.0 cm³/mol. The summed E-state index contributed by atoms with van der Waals surface area (Å²) >= 11 is 13.6. The van der Waals surface area contributed by atoms with Crippen molar-refractivity contribution in [1.29, 1.82) is 0 Å². The van der Waals surface area contributed by atoms with E-state index in [0.717, 1.165) is 24.2 Å². The molecule has 0 aliphatic carbocycles. The minimum absolute atomic E-state index is 0.511. The first-order valence-electron chi connectivity index (χ1n) is 4.77. The van der Waals surface area contributed by atoms with Crippen molar-refractivity contribution in [3.8, 4) is 0 Å². The molecule has 0 bridgehead atoms. The van der Waals surface area contributed by atoms with Gasteiger partial charge < -0.3 is 5.11 Å². The summed E-state index contributed by atoms with van der Waals surface area (Å²) < 4.78 is 0. The quantitative estimate of drug-likeness (QED) is 0.806. The Balaban J connectivity index is 2.64. The summed E-state index contributed by atoms with van der Waals surface area (Å²) in [6.45, 7) is 0. The zero-order valence-corrected chi connectivity index (χ0v) is 10.9. The van der Waals surface area contributed by atoms with Crippen LogP contribution in [0.15, 0.2) is 18.2 Å². The summed E-state index contributed by atoms with van der Waals surface area (Å²) in [5.41, 5.74) is 0.727. The molecule has 0 radical (unpaired) electrons. The second-order valence-corrected chi connectivity index (χ2v) is 5.15. The largest absolute Gasteiger partial charge is 0.388 e. The SMILES string of the molecule is CSCCCC(O)c1cc(Cl)ccc1Cl. The molecule has 15 heavy (non-hydrogen) atoms. The van der Waals surface area contributed by atoms with Gasteiger partial charge in [0.15, 0.2) is 0 Å². The van der Waals surface area contributed by atoms with Crippen molar-refractivity contribution in [3.05, 3.63) is 33.8 Å². The molecule has 1 aromatic rings. The fraction of sp³-hybridized carbons (Fsp3) is 0.455. The van der Waals surface area contributed by atoms with Gasteiger partial charge in [-0.25, -0.2) is 0 Å². The van der Waals surface area contributed by atoms with E-state index in [9.17, 15) is 5.11 Å². The highest BCUT2D eigenvalue weighted by molar-refractivity contribution is 7.98. The molecule has 0 saturated heterocycles. The Hall–Kier alpha value is 0.110. The van der Waals surface area contributed by atoms with E-state index < -0.39 is 6.10 Å². The average Bonchev–Trinajstić information content (AvgIpc) is 2.22. The summed E-state index contributed by atoms with van der Waals surface area (Å²) in [4.78, 5) is 0. The Labute approximate surface area is 105 Å². The van der Waals surface area contributed by atoms with Crippen LogP contribution in [-0.4, -0.2) is 17.1 Å². The van der Waals surface area contributed by atoms with Crippen molar-refractivity contribution in [2.45, 2.75) is 18.9 Å². The van der Waals surface area contributed by atoms with Gasteiger partial charge in [-0.15, -0.1) is 0 Å². The topological polar surface area (TPSA) is 20.2 Å². The molecule has 1 nitrogen and oxygen atoms in total. The van der Waals surface area contributed by atoms with E-state index >= 15 is 0 Å². The Morgan fingerprint density at radius 3 is 2.80 bits per heavy atom. The zero-order chi connectivity index (χ0) is 11.3. The highest BCUT2D eigenvalue weighted by atomic mass is 35.5. The van der Waals surface area contributed by atoms with Crippen LogP contribution in [0, 0.1) is 0 Å². The Kier molecular flexibility index (Phi) is 5.83. The minimum Gasteiger partial charge on any atom is -0.388 e. The molecule has 84 valence electrons. The van der Waals surface area contributed by atoms with Gasteiger partial charge >= 0.3 is 0 Å². The lowest BCUT2D eigenvalue weighted by Crippen LogP contribution is -1.99. The normalized spacial score (nSPS) is 12.8. The van der Waals surface area contributed by atoms with Crippen molar-refractivity contribution in [1.82, 2.24) is 0 Å². The molecule has 4 heteroatoms. The minimum atomic E-state index is -0.511. The average molecular weight is 265 g/mol. The van der Waals surface area contributed by atoms with E-state index in [1.54, 1.807) is 30.0 Å². The molecule has 0 heterocycles. The molecule has 1 atom stereocenters. The van der Waals surface area contributed by atoms with Gasteiger partial charge in [-0.3, -0.25) is 0 Å². The molecule has 0 saturated carbocycles. The molecule has 1 rings (SSSR count). The molecular formula is C11H14Cl2OS. The van der Waals surface area contributed by atoms with Crippen molar-refractivity contribution in [2.24, 2.45) is 0 Å². The second-order valence-electron chi connectivity index (χ2n) is 3.32. The molecule has 0 aliphatic rings. The van der Waals surface area contributed by atoms with E-state index in [1.165, 1.54) is 0 Å². The summed E-state index contributed by atoms with van der Waals surface area (Å²) in [6, 6.07) is 5.17. The van der Waals surface area contributed by atoms with E-state index in [2.05, 4.69) is 6.26 Å². The van der Waals surface area contributed by atoms with E-state index in [4.69, 9.17) is 23.2 Å².